The number of nitrogens with one attached hydrogen (secondary N) is 1. The van der Waals surface area contributed by atoms with Crippen LogP contribution in [0.5, 0.6) is 0 Å². The van der Waals surface area contributed by atoms with Gasteiger partial charge in [-0.1, -0.05) is 19.4 Å². The molecule has 1 rings (SSSR count). The van der Waals surface area contributed by atoms with E-state index in [1.807, 2.05) is 6.92 Å². The second-order valence-electron chi connectivity index (χ2n) is 4.10. The summed E-state index contributed by atoms with van der Waals surface area (Å²) < 4.78 is 25.9. The average Bonchev–Trinajstić information content (AvgIpc) is 2.31. The third-order valence-corrected chi connectivity index (χ3v) is 2.86. The molecule has 0 aliphatic rings. The van der Waals surface area contributed by atoms with E-state index in [0.29, 0.717) is 6.54 Å². The van der Waals surface area contributed by atoms with E-state index in [2.05, 4.69) is 5.32 Å². The molecule has 1 atom stereocenters. The summed E-state index contributed by atoms with van der Waals surface area (Å²) in [5, 5.41) is 2.51. The molecule has 1 N–H and O–H groups in total. The van der Waals surface area contributed by atoms with Crippen LogP contribution in [-0.2, 0) is 11.2 Å². The van der Waals surface area contributed by atoms with Gasteiger partial charge in [0.2, 0.25) is 5.91 Å². The van der Waals surface area contributed by atoms with E-state index in [1.165, 1.54) is 6.07 Å². The van der Waals surface area contributed by atoms with Gasteiger partial charge in [0.1, 0.15) is 11.6 Å². The number of hydrogen-bond donors (Lipinski definition) is 1. The van der Waals surface area contributed by atoms with Crippen molar-refractivity contribution >= 4 is 17.5 Å². The van der Waals surface area contributed by atoms with Crippen molar-refractivity contribution in [1.82, 2.24) is 5.32 Å². The molecule has 0 aliphatic carbocycles. The van der Waals surface area contributed by atoms with Crippen LogP contribution in [0, 0.1) is 11.6 Å². The first-order valence-corrected chi connectivity index (χ1v) is 6.31. The van der Waals surface area contributed by atoms with Gasteiger partial charge in [0, 0.05) is 12.6 Å². The van der Waals surface area contributed by atoms with Crippen LogP contribution in [0.15, 0.2) is 18.2 Å². The van der Waals surface area contributed by atoms with Crippen molar-refractivity contribution < 1.29 is 13.6 Å². The Morgan fingerprint density at radius 1 is 1.44 bits per heavy atom. The van der Waals surface area contributed by atoms with E-state index in [0.717, 1.165) is 25.0 Å². The Morgan fingerprint density at radius 3 is 2.78 bits per heavy atom. The topological polar surface area (TPSA) is 29.1 Å². The van der Waals surface area contributed by atoms with Crippen LogP contribution in [0.25, 0.3) is 0 Å². The molecule has 1 unspecified atom stereocenters. The lowest BCUT2D eigenvalue weighted by Crippen LogP contribution is -2.31. The summed E-state index contributed by atoms with van der Waals surface area (Å²) in [4.78, 5) is 11.5. The smallest absolute Gasteiger partial charge is 0.224 e. The van der Waals surface area contributed by atoms with Gasteiger partial charge in [-0.3, -0.25) is 4.79 Å². The zero-order valence-corrected chi connectivity index (χ0v) is 10.9. The summed E-state index contributed by atoms with van der Waals surface area (Å²) in [6, 6.07) is 3.17. The fraction of sp³-hybridized carbons (Fsp3) is 0.462. The number of carbonyl (C=O) groups excluding carboxylic acids is 1. The normalized spacial score (nSPS) is 12.2. The number of benzene rings is 1. The minimum Gasteiger partial charge on any atom is -0.354 e. The van der Waals surface area contributed by atoms with Crippen molar-refractivity contribution in [3.8, 4) is 0 Å². The van der Waals surface area contributed by atoms with E-state index in [9.17, 15) is 13.6 Å². The molecule has 1 aromatic carbocycles. The van der Waals surface area contributed by atoms with Crippen LogP contribution in [0.2, 0.25) is 0 Å². The Hall–Kier alpha value is -1.16. The zero-order chi connectivity index (χ0) is 13.5. The Labute approximate surface area is 110 Å². The number of carbonyl (C=O) groups is 1. The van der Waals surface area contributed by atoms with E-state index >= 15 is 0 Å². The molecule has 0 heterocycles. The summed E-state index contributed by atoms with van der Waals surface area (Å²) in [5.41, 5.74) is 0.176. The minimum absolute atomic E-state index is 0.109. The lowest BCUT2D eigenvalue weighted by molar-refractivity contribution is -0.120. The lowest BCUT2D eigenvalue weighted by atomic mass is 10.1. The van der Waals surface area contributed by atoms with Gasteiger partial charge >= 0.3 is 0 Å². The van der Waals surface area contributed by atoms with Crippen molar-refractivity contribution in [1.29, 1.82) is 0 Å². The van der Waals surface area contributed by atoms with Crippen molar-refractivity contribution in [2.45, 2.75) is 31.6 Å². The van der Waals surface area contributed by atoms with E-state index in [1.54, 1.807) is 0 Å². The molecule has 100 valence electrons. The predicted molar refractivity (Wildman–Crippen MR) is 67.6 cm³/mol. The van der Waals surface area contributed by atoms with Crippen molar-refractivity contribution in [3.63, 3.8) is 0 Å². The lowest BCUT2D eigenvalue weighted by Gasteiger charge is -2.10. The van der Waals surface area contributed by atoms with Gasteiger partial charge in [0.05, 0.1) is 11.8 Å². The fourth-order valence-electron chi connectivity index (χ4n) is 1.54. The molecule has 1 amide bonds. The van der Waals surface area contributed by atoms with Crippen LogP contribution in [0.1, 0.15) is 25.3 Å². The third-order valence-electron chi connectivity index (χ3n) is 2.49. The largest absolute Gasteiger partial charge is 0.354 e. The van der Waals surface area contributed by atoms with E-state index in [-0.39, 0.29) is 23.3 Å². The summed E-state index contributed by atoms with van der Waals surface area (Å²) in [5.74, 6) is -1.68. The molecule has 0 fully saturated rings. The zero-order valence-electron chi connectivity index (χ0n) is 10.2. The number of hydrogen-bond acceptors (Lipinski definition) is 1. The van der Waals surface area contributed by atoms with Crippen molar-refractivity contribution in [2.24, 2.45) is 0 Å². The predicted octanol–water partition coefficient (Wildman–Crippen LogP) is 3.03. The molecular weight excluding hydrogens is 260 g/mol. The first-order valence-electron chi connectivity index (χ1n) is 5.87. The highest BCUT2D eigenvalue weighted by molar-refractivity contribution is 6.20. The molecule has 0 aliphatic heterocycles. The molecule has 0 aromatic heterocycles. The number of amides is 1. The van der Waals surface area contributed by atoms with Crippen LogP contribution in [0.4, 0.5) is 8.78 Å². The SMILES string of the molecule is CCCC(Cl)CNC(=O)Cc1ccc(F)cc1F. The maximum Gasteiger partial charge on any atom is 0.224 e. The van der Waals surface area contributed by atoms with Gasteiger partial charge in [0.25, 0.3) is 0 Å². The molecule has 18 heavy (non-hydrogen) atoms. The average molecular weight is 276 g/mol. The number of rotatable bonds is 6. The molecule has 0 radical (unpaired) electrons. The van der Waals surface area contributed by atoms with Gasteiger partial charge in [-0.25, -0.2) is 8.78 Å². The minimum atomic E-state index is -0.707. The third kappa shape index (κ3) is 5.00. The van der Waals surface area contributed by atoms with Crippen LogP contribution in [-0.4, -0.2) is 17.8 Å². The van der Waals surface area contributed by atoms with Crippen molar-refractivity contribution in [3.05, 3.63) is 35.4 Å². The van der Waals surface area contributed by atoms with Crippen LogP contribution >= 0.6 is 11.6 Å². The number of alkyl halides is 1. The molecule has 0 saturated heterocycles. The Balaban J connectivity index is 2.44. The first kappa shape index (κ1) is 14.9. The standard InChI is InChI=1S/C13H16ClF2NO/c1-2-3-10(14)8-17-13(18)6-9-4-5-11(15)7-12(9)16/h4-5,7,10H,2-3,6,8H2,1H3,(H,17,18). The van der Waals surface area contributed by atoms with Gasteiger partial charge in [-0.15, -0.1) is 11.6 Å². The molecule has 2 nitrogen and oxygen atoms in total. The maximum atomic E-state index is 13.3. The summed E-state index contributed by atoms with van der Waals surface area (Å²) in [7, 11) is 0. The Kier molecular flexibility index (Phi) is 6.05. The van der Waals surface area contributed by atoms with Gasteiger partial charge < -0.3 is 5.32 Å². The summed E-state index contributed by atoms with van der Waals surface area (Å²) in [6.07, 6.45) is 1.64. The molecule has 5 heteroatoms. The summed E-state index contributed by atoms with van der Waals surface area (Å²) in [6.45, 7) is 2.36. The van der Waals surface area contributed by atoms with Crippen LogP contribution < -0.4 is 5.32 Å². The van der Waals surface area contributed by atoms with E-state index < -0.39 is 11.6 Å². The van der Waals surface area contributed by atoms with Gasteiger partial charge in [-0.05, 0) is 18.1 Å². The monoisotopic (exact) mass is 275 g/mol. The van der Waals surface area contributed by atoms with Gasteiger partial charge in [-0.2, -0.15) is 0 Å². The molecule has 0 saturated carbocycles. The molecule has 0 bridgehead atoms. The second kappa shape index (κ2) is 7.31. The molecule has 1 aromatic rings. The van der Waals surface area contributed by atoms with E-state index in [4.69, 9.17) is 11.6 Å². The Morgan fingerprint density at radius 2 is 2.17 bits per heavy atom. The quantitative estimate of drug-likeness (QED) is 0.795. The molecular formula is C13H16ClF2NO. The Bertz CT molecular complexity index is 412. The highest BCUT2D eigenvalue weighted by Crippen LogP contribution is 2.10. The fourth-order valence-corrected chi connectivity index (χ4v) is 1.84. The first-order chi connectivity index (χ1) is 8.52. The van der Waals surface area contributed by atoms with Gasteiger partial charge in [0.15, 0.2) is 0 Å². The summed E-state index contributed by atoms with van der Waals surface area (Å²) >= 11 is 5.94. The highest BCUT2D eigenvalue weighted by Gasteiger charge is 2.10. The number of halogens is 3. The molecule has 0 spiro atoms. The second-order valence-corrected chi connectivity index (χ2v) is 4.72. The van der Waals surface area contributed by atoms with Crippen LogP contribution in [0.3, 0.4) is 0 Å². The maximum absolute atomic E-state index is 13.3. The highest BCUT2D eigenvalue weighted by atomic mass is 35.5. The van der Waals surface area contributed by atoms with Crippen molar-refractivity contribution in [2.75, 3.05) is 6.54 Å².